The Hall–Kier alpha value is -3.58. The molecule has 2 aromatic carbocycles. The van der Waals surface area contributed by atoms with Crippen LogP contribution < -0.4 is 10.1 Å². The average Bonchev–Trinajstić information content (AvgIpc) is 2.89. The Bertz CT molecular complexity index is 1280. The second-order valence-corrected chi connectivity index (χ2v) is 8.52. The number of piperidine rings is 1. The van der Waals surface area contributed by atoms with E-state index in [4.69, 9.17) is 14.7 Å². The minimum absolute atomic E-state index is 0.276. The Balaban J connectivity index is 1.58. The van der Waals surface area contributed by atoms with Crippen LogP contribution in [0.4, 0.5) is 10.2 Å². The zero-order chi connectivity index (χ0) is 23.3. The number of halogens is 1. The van der Waals surface area contributed by atoms with Gasteiger partial charge in [0, 0.05) is 36.9 Å². The van der Waals surface area contributed by atoms with Crippen LogP contribution in [0.5, 0.6) is 5.75 Å². The van der Waals surface area contributed by atoms with Gasteiger partial charge in [-0.15, -0.1) is 0 Å². The molecule has 0 saturated carbocycles. The second kappa shape index (κ2) is 10.1. The molecule has 2 aromatic heterocycles. The van der Waals surface area contributed by atoms with Gasteiger partial charge in [0.05, 0.1) is 0 Å². The summed E-state index contributed by atoms with van der Waals surface area (Å²) in [6.45, 7) is 3.66. The molecule has 0 spiro atoms. The maximum Gasteiger partial charge on any atom is 0.163 e. The van der Waals surface area contributed by atoms with E-state index in [2.05, 4.69) is 15.2 Å². The molecule has 3 heterocycles. The van der Waals surface area contributed by atoms with Gasteiger partial charge in [-0.2, -0.15) is 0 Å². The van der Waals surface area contributed by atoms with E-state index in [9.17, 15) is 4.39 Å². The molecule has 34 heavy (non-hydrogen) atoms. The molecule has 1 saturated heterocycles. The first-order chi connectivity index (χ1) is 16.7. The number of nitrogens with zero attached hydrogens (tertiary/aromatic N) is 4. The summed E-state index contributed by atoms with van der Waals surface area (Å²) in [6.07, 6.45) is 7.26. The van der Waals surface area contributed by atoms with Crippen LogP contribution in [0.25, 0.3) is 33.4 Å². The number of benzene rings is 2. The van der Waals surface area contributed by atoms with Crippen molar-refractivity contribution in [3.8, 4) is 28.3 Å². The molecular formula is C27H28FN5O. The third-order valence-corrected chi connectivity index (χ3v) is 6.19. The van der Waals surface area contributed by atoms with Crippen molar-refractivity contribution in [1.82, 2.24) is 19.9 Å². The Morgan fingerprint density at radius 2 is 1.82 bits per heavy atom. The van der Waals surface area contributed by atoms with Crippen molar-refractivity contribution < 1.29 is 9.13 Å². The molecule has 0 atom stereocenters. The predicted molar refractivity (Wildman–Crippen MR) is 133 cm³/mol. The number of fused-ring (bicyclic) bond motifs is 1. The first-order valence-corrected chi connectivity index (χ1v) is 11.8. The lowest BCUT2D eigenvalue weighted by Crippen LogP contribution is -2.33. The number of hydrogen-bond donors (Lipinski definition) is 1. The van der Waals surface area contributed by atoms with E-state index in [0.717, 1.165) is 47.2 Å². The van der Waals surface area contributed by atoms with Crippen molar-refractivity contribution in [2.45, 2.75) is 19.3 Å². The molecule has 5 rings (SSSR count). The van der Waals surface area contributed by atoms with Crippen LogP contribution in [0.1, 0.15) is 19.3 Å². The quantitative estimate of drug-likeness (QED) is 0.401. The molecule has 1 aliphatic rings. The number of nitrogens with one attached hydrogen (secondary N) is 1. The molecular weight excluding hydrogens is 429 g/mol. The molecule has 1 fully saturated rings. The van der Waals surface area contributed by atoms with E-state index in [1.165, 1.54) is 31.4 Å². The normalized spacial score (nSPS) is 14.3. The van der Waals surface area contributed by atoms with Crippen LogP contribution in [-0.4, -0.2) is 53.1 Å². The van der Waals surface area contributed by atoms with Crippen LogP contribution in [0.2, 0.25) is 0 Å². The minimum Gasteiger partial charge on any atom is -0.490 e. The van der Waals surface area contributed by atoms with E-state index in [0.29, 0.717) is 24.0 Å². The van der Waals surface area contributed by atoms with Crippen molar-refractivity contribution >= 4 is 16.7 Å². The summed E-state index contributed by atoms with van der Waals surface area (Å²) in [5.41, 5.74) is 3.18. The summed E-state index contributed by atoms with van der Waals surface area (Å²) in [5, 5.41) is 4.02. The highest BCUT2D eigenvalue weighted by Gasteiger charge is 2.17. The van der Waals surface area contributed by atoms with Crippen LogP contribution in [0, 0.1) is 5.82 Å². The van der Waals surface area contributed by atoms with Gasteiger partial charge < -0.3 is 10.1 Å². The minimum atomic E-state index is -0.276. The monoisotopic (exact) mass is 457 g/mol. The zero-order valence-electron chi connectivity index (χ0n) is 19.3. The smallest absolute Gasteiger partial charge is 0.163 e. The van der Waals surface area contributed by atoms with Gasteiger partial charge in [-0.05, 0) is 73.5 Å². The van der Waals surface area contributed by atoms with Crippen LogP contribution in [0.15, 0.2) is 60.9 Å². The van der Waals surface area contributed by atoms with Gasteiger partial charge >= 0.3 is 0 Å². The highest BCUT2D eigenvalue weighted by Crippen LogP contribution is 2.36. The summed E-state index contributed by atoms with van der Waals surface area (Å²) in [4.78, 5) is 16.3. The molecule has 0 amide bonds. The number of aromatic nitrogens is 3. The maximum atomic E-state index is 14.0. The van der Waals surface area contributed by atoms with Crippen LogP contribution in [-0.2, 0) is 0 Å². The fourth-order valence-electron chi connectivity index (χ4n) is 4.43. The summed E-state index contributed by atoms with van der Waals surface area (Å²) < 4.78 is 20.3. The van der Waals surface area contributed by atoms with E-state index < -0.39 is 0 Å². The number of pyridine rings is 1. The van der Waals surface area contributed by atoms with Crippen molar-refractivity contribution in [3.05, 3.63) is 66.7 Å². The van der Waals surface area contributed by atoms with E-state index in [1.807, 2.05) is 37.4 Å². The van der Waals surface area contributed by atoms with Gasteiger partial charge in [0.1, 0.15) is 29.5 Å². The summed E-state index contributed by atoms with van der Waals surface area (Å²) in [7, 11) is 1.83. The Morgan fingerprint density at radius 1 is 0.971 bits per heavy atom. The first-order valence-electron chi connectivity index (χ1n) is 11.8. The Morgan fingerprint density at radius 3 is 2.59 bits per heavy atom. The fraction of sp³-hybridized carbons (Fsp3) is 0.296. The standard InChI is InChI=1S/C27H28FN5O/c1-29-27-23-16-21(19-7-5-9-22(28)15-19)17-24(34-14-13-33-11-3-2-4-12-33)25(23)31-26(32-27)20-8-6-10-30-18-20/h5-10,15-18H,2-4,11-14H2,1H3,(H,29,31,32). The fourth-order valence-corrected chi connectivity index (χ4v) is 4.43. The highest BCUT2D eigenvalue weighted by molar-refractivity contribution is 5.97. The van der Waals surface area contributed by atoms with Gasteiger partial charge in [0.25, 0.3) is 0 Å². The molecule has 1 N–H and O–H groups in total. The van der Waals surface area contributed by atoms with Crippen molar-refractivity contribution in [1.29, 1.82) is 0 Å². The van der Waals surface area contributed by atoms with E-state index >= 15 is 0 Å². The summed E-state index contributed by atoms with van der Waals surface area (Å²) in [5.74, 6) is 1.65. The molecule has 0 unspecified atom stereocenters. The number of hydrogen-bond acceptors (Lipinski definition) is 6. The molecule has 6 nitrogen and oxygen atoms in total. The van der Waals surface area contributed by atoms with Gasteiger partial charge in [-0.25, -0.2) is 14.4 Å². The topological polar surface area (TPSA) is 63.2 Å². The second-order valence-electron chi connectivity index (χ2n) is 8.52. The van der Waals surface area contributed by atoms with Gasteiger partial charge in [0.15, 0.2) is 5.82 Å². The average molecular weight is 458 g/mol. The zero-order valence-corrected chi connectivity index (χ0v) is 19.3. The van der Waals surface area contributed by atoms with Crippen LogP contribution >= 0.6 is 0 Å². The number of anilines is 1. The Labute approximate surface area is 198 Å². The van der Waals surface area contributed by atoms with E-state index in [1.54, 1.807) is 18.5 Å². The summed E-state index contributed by atoms with van der Waals surface area (Å²) >= 11 is 0. The molecule has 1 aliphatic heterocycles. The molecule has 7 heteroatoms. The van der Waals surface area contributed by atoms with Crippen molar-refractivity contribution in [2.24, 2.45) is 0 Å². The third-order valence-electron chi connectivity index (χ3n) is 6.19. The third kappa shape index (κ3) is 4.84. The predicted octanol–water partition coefficient (Wildman–Crippen LogP) is 5.40. The first kappa shape index (κ1) is 22.2. The Kier molecular flexibility index (Phi) is 6.62. The number of likely N-dealkylation sites (tertiary alicyclic amines) is 1. The van der Waals surface area contributed by atoms with Crippen LogP contribution in [0.3, 0.4) is 0 Å². The molecule has 0 bridgehead atoms. The van der Waals surface area contributed by atoms with Gasteiger partial charge in [0.2, 0.25) is 0 Å². The summed E-state index contributed by atoms with van der Waals surface area (Å²) in [6, 6.07) is 14.3. The lowest BCUT2D eigenvalue weighted by atomic mass is 10.0. The lowest BCUT2D eigenvalue weighted by Gasteiger charge is -2.26. The van der Waals surface area contributed by atoms with Gasteiger partial charge in [-0.3, -0.25) is 9.88 Å². The molecule has 174 valence electrons. The molecule has 4 aromatic rings. The maximum absolute atomic E-state index is 14.0. The lowest BCUT2D eigenvalue weighted by molar-refractivity contribution is 0.184. The number of rotatable bonds is 7. The molecule has 0 radical (unpaired) electrons. The largest absolute Gasteiger partial charge is 0.490 e. The van der Waals surface area contributed by atoms with E-state index in [-0.39, 0.29) is 5.82 Å². The van der Waals surface area contributed by atoms with Gasteiger partial charge in [-0.1, -0.05) is 18.6 Å². The van der Waals surface area contributed by atoms with Crippen molar-refractivity contribution in [2.75, 3.05) is 38.6 Å². The SMILES string of the molecule is CNc1nc(-c2cccnc2)nc2c(OCCN3CCCCC3)cc(-c3cccc(F)c3)cc12. The van der Waals surface area contributed by atoms with Crippen molar-refractivity contribution in [3.63, 3.8) is 0 Å². The highest BCUT2D eigenvalue weighted by atomic mass is 19.1. The molecule has 0 aliphatic carbocycles. The number of ether oxygens (including phenoxy) is 1.